The minimum absolute atomic E-state index is 0.0979. The Kier molecular flexibility index (Phi) is 5.03. The van der Waals surface area contributed by atoms with E-state index in [0.29, 0.717) is 5.92 Å². The van der Waals surface area contributed by atoms with Crippen LogP contribution in [0.25, 0.3) is 0 Å². The molecule has 1 aromatic rings. The van der Waals surface area contributed by atoms with Gasteiger partial charge in [0.15, 0.2) is 0 Å². The Hall–Kier alpha value is -1.46. The molecule has 6 heteroatoms. The molecule has 0 aliphatic heterocycles. The van der Waals surface area contributed by atoms with Gasteiger partial charge in [-0.25, -0.2) is 4.98 Å². The van der Waals surface area contributed by atoms with Gasteiger partial charge in [-0.1, -0.05) is 20.8 Å². The highest BCUT2D eigenvalue weighted by molar-refractivity contribution is 5.50. The van der Waals surface area contributed by atoms with E-state index in [9.17, 15) is 13.2 Å². The number of nitrogens with zero attached hydrogens (tertiary/aromatic N) is 1. The summed E-state index contributed by atoms with van der Waals surface area (Å²) in [6.07, 6.45) is -3.55. The van der Waals surface area contributed by atoms with Crippen LogP contribution >= 0.6 is 0 Å². The van der Waals surface area contributed by atoms with Gasteiger partial charge in [0.1, 0.15) is 11.6 Å². The molecular weight excluding hydrogens is 255 g/mol. The molecule has 108 valence electrons. The van der Waals surface area contributed by atoms with Gasteiger partial charge in [0.25, 0.3) is 0 Å². The highest BCUT2D eigenvalue weighted by atomic mass is 19.4. The fourth-order valence-corrected chi connectivity index (χ4v) is 1.83. The second-order valence-electron chi connectivity index (χ2n) is 4.78. The molecule has 0 radical (unpaired) electrons. The van der Waals surface area contributed by atoms with Crippen molar-refractivity contribution >= 4 is 11.6 Å². The molecule has 0 saturated heterocycles. The lowest BCUT2D eigenvalue weighted by Crippen LogP contribution is -2.25. The standard InChI is InChI=1S/C13H20F3N3/c1-5-10(8(2)3)18-12-7-9(13(14,15)16)6-11(17-4)19-12/h6-8,10H,5H2,1-4H3,(H2,17,18,19). The van der Waals surface area contributed by atoms with Crippen LogP contribution in [0.1, 0.15) is 32.8 Å². The number of halogens is 3. The average molecular weight is 275 g/mol. The van der Waals surface area contributed by atoms with E-state index in [2.05, 4.69) is 15.6 Å². The first kappa shape index (κ1) is 15.6. The van der Waals surface area contributed by atoms with Crippen molar-refractivity contribution in [2.24, 2.45) is 5.92 Å². The van der Waals surface area contributed by atoms with E-state index in [0.717, 1.165) is 18.6 Å². The van der Waals surface area contributed by atoms with Crippen LogP contribution in [0.2, 0.25) is 0 Å². The number of rotatable bonds is 5. The maximum absolute atomic E-state index is 12.8. The lowest BCUT2D eigenvalue weighted by atomic mass is 10.0. The second kappa shape index (κ2) is 6.12. The third kappa shape index (κ3) is 4.29. The quantitative estimate of drug-likeness (QED) is 0.853. The van der Waals surface area contributed by atoms with Crippen molar-refractivity contribution in [2.75, 3.05) is 17.7 Å². The van der Waals surface area contributed by atoms with Gasteiger partial charge in [0, 0.05) is 13.1 Å². The molecule has 0 aliphatic carbocycles. The van der Waals surface area contributed by atoms with E-state index >= 15 is 0 Å². The Bertz CT molecular complexity index is 416. The van der Waals surface area contributed by atoms with Crippen LogP contribution in [-0.4, -0.2) is 18.1 Å². The molecule has 0 amide bonds. The number of hydrogen-bond acceptors (Lipinski definition) is 3. The van der Waals surface area contributed by atoms with Crippen molar-refractivity contribution in [1.82, 2.24) is 4.98 Å². The zero-order chi connectivity index (χ0) is 14.6. The number of pyridine rings is 1. The summed E-state index contributed by atoms with van der Waals surface area (Å²) < 4.78 is 38.3. The van der Waals surface area contributed by atoms with Crippen molar-refractivity contribution in [3.8, 4) is 0 Å². The highest BCUT2D eigenvalue weighted by Gasteiger charge is 2.31. The molecule has 0 saturated carbocycles. The predicted molar refractivity (Wildman–Crippen MR) is 71.3 cm³/mol. The summed E-state index contributed by atoms with van der Waals surface area (Å²) in [6.45, 7) is 6.03. The van der Waals surface area contributed by atoms with Crippen LogP contribution < -0.4 is 10.6 Å². The maximum atomic E-state index is 12.8. The minimum Gasteiger partial charge on any atom is -0.373 e. The second-order valence-corrected chi connectivity index (χ2v) is 4.78. The monoisotopic (exact) mass is 275 g/mol. The summed E-state index contributed by atoms with van der Waals surface area (Å²) in [5.74, 6) is 0.773. The van der Waals surface area contributed by atoms with E-state index in [-0.39, 0.29) is 17.7 Å². The molecule has 1 aromatic heterocycles. The van der Waals surface area contributed by atoms with Crippen LogP contribution in [0.4, 0.5) is 24.8 Å². The van der Waals surface area contributed by atoms with E-state index < -0.39 is 11.7 Å². The summed E-state index contributed by atoms with van der Waals surface area (Å²) in [5.41, 5.74) is -0.701. The third-order valence-corrected chi connectivity index (χ3v) is 2.99. The summed E-state index contributed by atoms with van der Waals surface area (Å²) >= 11 is 0. The first-order chi connectivity index (χ1) is 8.77. The van der Waals surface area contributed by atoms with Crippen molar-refractivity contribution in [3.05, 3.63) is 17.7 Å². The summed E-state index contributed by atoms with van der Waals surface area (Å²) in [6, 6.07) is 2.15. The fraction of sp³-hybridized carbons (Fsp3) is 0.615. The molecule has 0 fully saturated rings. The van der Waals surface area contributed by atoms with Gasteiger partial charge < -0.3 is 10.6 Å². The average Bonchev–Trinajstić information content (AvgIpc) is 2.34. The maximum Gasteiger partial charge on any atom is 0.416 e. The van der Waals surface area contributed by atoms with Gasteiger partial charge >= 0.3 is 6.18 Å². The summed E-state index contributed by atoms with van der Waals surface area (Å²) in [5, 5.41) is 5.71. The Balaban J connectivity index is 3.07. The zero-order valence-corrected chi connectivity index (χ0v) is 11.6. The Morgan fingerprint density at radius 3 is 2.21 bits per heavy atom. The van der Waals surface area contributed by atoms with Gasteiger partial charge in [-0.2, -0.15) is 13.2 Å². The summed E-state index contributed by atoms with van der Waals surface area (Å²) in [7, 11) is 1.55. The molecule has 0 spiro atoms. The lowest BCUT2D eigenvalue weighted by molar-refractivity contribution is -0.137. The molecule has 2 N–H and O–H groups in total. The van der Waals surface area contributed by atoms with Gasteiger partial charge in [-0.3, -0.25) is 0 Å². The number of aromatic nitrogens is 1. The molecule has 0 bridgehead atoms. The molecule has 1 rings (SSSR count). The molecule has 0 aromatic carbocycles. The SMILES string of the molecule is CCC(Nc1cc(C(F)(F)F)cc(NC)n1)C(C)C. The van der Waals surface area contributed by atoms with Crippen molar-refractivity contribution < 1.29 is 13.2 Å². The van der Waals surface area contributed by atoms with Crippen molar-refractivity contribution in [1.29, 1.82) is 0 Å². The third-order valence-electron chi connectivity index (χ3n) is 2.99. The fourth-order valence-electron chi connectivity index (χ4n) is 1.83. The van der Waals surface area contributed by atoms with Crippen LogP contribution in [0.3, 0.4) is 0 Å². The van der Waals surface area contributed by atoms with Crippen LogP contribution in [0.15, 0.2) is 12.1 Å². The largest absolute Gasteiger partial charge is 0.416 e. The van der Waals surface area contributed by atoms with E-state index in [1.54, 1.807) is 7.05 Å². The normalized spacial score (nSPS) is 13.5. The Labute approximate surface area is 111 Å². The molecule has 1 atom stereocenters. The highest BCUT2D eigenvalue weighted by Crippen LogP contribution is 2.32. The lowest BCUT2D eigenvalue weighted by Gasteiger charge is -2.22. The van der Waals surface area contributed by atoms with E-state index in [1.165, 1.54) is 0 Å². The summed E-state index contributed by atoms with van der Waals surface area (Å²) in [4.78, 5) is 4.11. The molecular formula is C13H20F3N3. The number of hydrogen-bond donors (Lipinski definition) is 2. The van der Waals surface area contributed by atoms with Gasteiger partial charge in [-0.05, 0) is 24.5 Å². The van der Waals surface area contributed by atoms with Gasteiger partial charge in [0.2, 0.25) is 0 Å². The molecule has 1 unspecified atom stereocenters. The van der Waals surface area contributed by atoms with Crippen molar-refractivity contribution in [3.63, 3.8) is 0 Å². The Morgan fingerprint density at radius 1 is 1.21 bits per heavy atom. The number of anilines is 2. The molecule has 1 heterocycles. The first-order valence-corrected chi connectivity index (χ1v) is 6.31. The van der Waals surface area contributed by atoms with E-state index in [4.69, 9.17) is 0 Å². The zero-order valence-electron chi connectivity index (χ0n) is 11.6. The van der Waals surface area contributed by atoms with Gasteiger partial charge in [0.05, 0.1) is 5.56 Å². The van der Waals surface area contributed by atoms with Gasteiger partial charge in [-0.15, -0.1) is 0 Å². The number of alkyl halides is 3. The van der Waals surface area contributed by atoms with Crippen LogP contribution in [0.5, 0.6) is 0 Å². The first-order valence-electron chi connectivity index (χ1n) is 6.31. The topological polar surface area (TPSA) is 37.0 Å². The predicted octanol–water partition coefficient (Wildman–Crippen LogP) is 3.99. The minimum atomic E-state index is -4.37. The molecule has 0 aliphatic rings. The molecule has 19 heavy (non-hydrogen) atoms. The molecule has 3 nitrogen and oxygen atoms in total. The number of nitrogens with one attached hydrogen (secondary N) is 2. The van der Waals surface area contributed by atoms with Crippen LogP contribution in [0, 0.1) is 5.92 Å². The van der Waals surface area contributed by atoms with E-state index in [1.807, 2.05) is 20.8 Å². The van der Waals surface area contributed by atoms with Crippen molar-refractivity contribution in [2.45, 2.75) is 39.4 Å². The smallest absolute Gasteiger partial charge is 0.373 e. The van der Waals surface area contributed by atoms with Crippen LogP contribution in [-0.2, 0) is 6.18 Å². The Morgan fingerprint density at radius 2 is 1.79 bits per heavy atom.